The van der Waals surface area contributed by atoms with Gasteiger partial charge in [-0.05, 0) is 42.8 Å². The molecule has 1 aromatic heterocycles. The number of methoxy groups -OCH3 is 1. The molecule has 9 heteroatoms. The Balaban J connectivity index is 1.65. The summed E-state index contributed by atoms with van der Waals surface area (Å²) in [5.74, 6) is 0.905. The van der Waals surface area contributed by atoms with Crippen LogP contribution in [0.5, 0.6) is 11.5 Å². The van der Waals surface area contributed by atoms with E-state index in [9.17, 15) is 14.9 Å². The largest absolute Gasteiger partial charge is 0.493 e. The van der Waals surface area contributed by atoms with Gasteiger partial charge in [-0.1, -0.05) is 6.07 Å². The van der Waals surface area contributed by atoms with Gasteiger partial charge in [0.2, 0.25) is 5.91 Å². The molecule has 30 heavy (non-hydrogen) atoms. The molecule has 1 amide bonds. The van der Waals surface area contributed by atoms with Crippen molar-refractivity contribution in [3.63, 3.8) is 0 Å². The Bertz CT molecular complexity index is 1080. The van der Waals surface area contributed by atoms with E-state index in [-0.39, 0.29) is 11.6 Å². The van der Waals surface area contributed by atoms with Crippen molar-refractivity contribution in [3.8, 4) is 22.8 Å². The zero-order valence-corrected chi connectivity index (χ0v) is 17.1. The van der Waals surface area contributed by atoms with E-state index in [0.29, 0.717) is 28.9 Å². The van der Waals surface area contributed by atoms with Gasteiger partial charge in [0.05, 0.1) is 24.3 Å². The number of ether oxygens (including phenoxy) is 2. The molecule has 154 valence electrons. The van der Waals surface area contributed by atoms with Gasteiger partial charge in [-0.3, -0.25) is 20.2 Å². The van der Waals surface area contributed by atoms with Crippen LogP contribution >= 0.6 is 11.3 Å². The van der Waals surface area contributed by atoms with E-state index < -0.39 is 4.92 Å². The van der Waals surface area contributed by atoms with Crippen LogP contribution in [-0.2, 0) is 4.79 Å². The Morgan fingerprint density at radius 1 is 1.23 bits per heavy atom. The standard InChI is InChI=1S/C21H19N3O5S/c1-3-29-18-10-4-14(12-19(18)28-2)5-11-20(25)23-21-22-17(13-30-21)15-6-8-16(9-7-15)24(26)27/h4-13H,3H2,1-2H3,(H,22,23,25)/b11-5+. The zero-order chi connectivity index (χ0) is 21.5. The number of benzene rings is 2. The predicted octanol–water partition coefficient (Wildman–Crippen LogP) is 4.78. The number of non-ortho nitro benzene ring substituents is 1. The van der Waals surface area contributed by atoms with Crippen molar-refractivity contribution in [2.45, 2.75) is 6.92 Å². The summed E-state index contributed by atoms with van der Waals surface area (Å²) in [5, 5.41) is 15.7. The van der Waals surface area contributed by atoms with Crippen LogP contribution in [0, 0.1) is 10.1 Å². The van der Waals surface area contributed by atoms with Crippen molar-refractivity contribution in [1.82, 2.24) is 4.98 Å². The maximum atomic E-state index is 12.2. The Hall–Kier alpha value is -3.72. The molecule has 0 atom stereocenters. The number of aromatic nitrogens is 1. The van der Waals surface area contributed by atoms with E-state index in [0.717, 1.165) is 11.1 Å². The van der Waals surface area contributed by atoms with Crippen LogP contribution in [-0.4, -0.2) is 29.5 Å². The van der Waals surface area contributed by atoms with E-state index in [1.165, 1.54) is 29.5 Å². The molecule has 0 saturated heterocycles. The molecule has 2 aromatic carbocycles. The number of carbonyl (C=O) groups is 1. The van der Waals surface area contributed by atoms with Crippen molar-refractivity contribution in [2.24, 2.45) is 0 Å². The molecule has 0 spiro atoms. The molecular formula is C21H19N3O5S. The van der Waals surface area contributed by atoms with Gasteiger partial charge in [0.25, 0.3) is 5.69 Å². The van der Waals surface area contributed by atoms with Crippen LogP contribution < -0.4 is 14.8 Å². The van der Waals surface area contributed by atoms with Gasteiger partial charge in [-0.15, -0.1) is 11.3 Å². The average Bonchev–Trinajstić information content (AvgIpc) is 3.21. The topological polar surface area (TPSA) is 104 Å². The summed E-state index contributed by atoms with van der Waals surface area (Å²) in [6.07, 6.45) is 3.07. The Labute approximate surface area is 176 Å². The first-order chi connectivity index (χ1) is 14.5. The smallest absolute Gasteiger partial charge is 0.269 e. The Morgan fingerprint density at radius 2 is 2.00 bits per heavy atom. The molecule has 0 radical (unpaired) electrons. The normalized spacial score (nSPS) is 10.7. The summed E-state index contributed by atoms with van der Waals surface area (Å²) >= 11 is 1.27. The fraction of sp³-hybridized carbons (Fsp3) is 0.143. The van der Waals surface area contributed by atoms with Crippen LogP contribution in [0.3, 0.4) is 0 Å². The lowest BCUT2D eigenvalue weighted by Crippen LogP contribution is -2.07. The fourth-order valence-corrected chi connectivity index (χ4v) is 3.32. The second-order valence-corrected chi connectivity index (χ2v) is 6.87. The molecule has 0 bridgehead atoms. The minimum atomic E-state index is -0.456. The predicted molar refractivity (Wildman–Crippen MR) is 116 cm³/mol. The number of nitrogens with one attached hydrogen (secondary N) is 1. The zero-order valence-electron chi connectivity index (χ0n) is 16.3. The third-order valence-electron chi connectivity index (χ3n) is 4.02. The average molecular weight is 425 g/mol. The molecule has 0 unspecified atom stereocenters. The van der Waals surface area contributed by atoms with Gasteiger partial charge >= 0.3 is 0 Å². The Kier molecular flexibility index (Phi) is 6.76. The van der Waals surface area contributed by atoms with E-state index in [2.05, 4.69) is 10.3 Å². The van der Waals surface area contributed by atoms with Crippen molar-refractivity contribution in [1.29, 1.82) is 0 Å². The third-order valence-corrected chi connectivity index (χ3v) is 4.78. The number of nitro benzene ring substituents is 1. The lowest BCUT2D eigenvalue weighted by atomic mass is 10.1. The van der Waals surface area contributed by atoms with Crippen LogP contribution in [0.15, 0.2) is 53.9 Å². The first kappa shape index (κ1) is 21.0. The number of hydrogen-bond acceptors (Lipinski definition) is 7. The molecule has 3 aromatic rings. The number of rotatable bonds is 8. The molecule has 0 fully saturated rings. The number of anilines is 1. The SMILES string of the molecule is CCOc1ccc(/C=C/C(=O)Nc2nc(-c3ccc([N+](=O)[O-])cc3)cs2)cc1OC. The van der Waals surface area contributed by atoms with Gasteiger partial charge in [-0.2, -0.15) is 0 Å². The van der Waals surface area contributed by atoms with Crippen molar-refractivity contribution in [3.05, 3.63) is 69.6 Å². The highest BCUT2D eigenvalue weighted by atomic mass is 32.1. The van der Waals surface area contributed by atoms with E-state index >= 15 is 0 Å². The Morgan fingerprint density at radius 3 is 2.67 bits per heavy atom. The number of nitrogens with zero attached hydrogens (tertiary/aromatic N) is 2. The molecule has 8 nitrogen and oxygen atoms in total. The van der Waals surface area contributed by atoms with E-state index in [1.54, 1.807) is 42.8 Å². The van der Waals surface area contributed by atoms with E-state index in [4.69, 9.17) is 9.47 Å². The summed E-state index contributed by atoms with van der Waals surface area (Å²) in [7, 11) is 1.56. The molecule has 1 N–H and O–H groups in total. The summed E-state index contributed by atoms with van der Waals surface area (Å²) in [5.41, 5.74) is 2.16. The van der Waals surface area contributed by atoms with Gasteiger partial charge in [0.1, 0.15) is 0 Å². The van der Waals surface area contributed by atoms with Crippen molar-refractivity contribution < 1.29 is 19.2 Å². The first-order valence-corrected chi connectivity index (χ1v) is 9.88. The molecule has 0 saturated carbocycles. The molecule has 1 heterocycles. The van der Waals surface area contributed by atoms with Crippen molar-refractivity contribution >= 4 is 34.1 Å². The monoisotopic (exact) mass is 425 g/mol. The molecule has 3 rings (SSSR count). The van der Waals surface area contributed by atoms with Crippen LogP contribution in [0.1, 0.15) is 12.5 Å². The molecular weight excluding hydrogens is 406 g/mol. The highest BCUT2D eigenvalue weighted by molar-refractivity contribution is 7.14. The summed E-state index contributed by atoms with van der Waals surface area (Å²) in [6.45, 7) is 2.42. The number of thiazole rings is 1. The number of amides is 1. The number of hydrogen-bond donors (Lipinski definition) is 1. The maximum Gasteiger partial charge on any atom is 0.269 e. The highest BCUT2D eigenvalue weighted by Gasteiger charge is 2.09. The molecule has 0 aliphatic heterocycles. The van der Waals surface area contributed by atoms with Gasteiger partial charge in [-0.25, -0.2) is 4.98 Å². The maximum absolute atomic E-state index is 12.2. The van der Waals surface area contributed by atoms with Gasteiger partial charge < -0.3 is 9.47 Å². The highest BCUT2D eigenvalue weighted by Crippen LogP contribution is 2.29. The summed E-state index contributed by atoms with van der Waals surface area (Å²) in [6, 6.07) is 11.5. The molecule has 0 aliphatic rings. The lowest BCUT2D eigenvalue weighted by molar-refractivity contribution is -0.384. The summed E-state index contributed by atoms with van der Waals surface area (Å²) in [4.78, 5) is 26.9. The quantitative estimate of drug-likeness (QED) is 0.316. The second-order valence-electron chi connectivity index (χ2n) is 6.01. The number of carbonyl (C=O) groups excluding carboxylic acids is 1. The second kappa shape index (κ2) is 9.66. The van der Waals surface area contributed by atoms with Gasteiger partial charge in [0.15, 0.2) is 16.6 Å². The van der Waals surface area contributed by atoms with E-state index in [1.807, 2.05) is 13.0 Å². The third kappa shape index (κ3) is 5.21. The molecule has 0 aliphatic carbocycles. The minimum absolute atomic E-state index is 0.0126. The van der Waals surface area contributed by atoms with Gasteiger partial charge in [0, 0.05) is 29.2 Å². The van der Waals surface area contributed by atoms with Crippen LogP contribution in [0.25, 0.3) is 17.3 Å². The summed E-state index contributed by atoms with van der Waals surface area (Å²) < 4.78 is 10.8. The minimum Gasteiger partial charge on any atom is -0.493 e. The van der Waals surface area contributed by atoms with Crippen LogP contribution in [0.4, 0.5) is 10.8 Å². The lowest BCUT2D eigenvalue weighted by Gasteiger charge is -2.09. The number of nitro groups is 1. The van der Waals surface area contributed by atoms with Crippen molar-refractivity contribution in [2.75, 3.05) is 19.0 Å². The van der Waals surface area contributed by atoms with Crippen LogP contribution in [0.2, 0.25) is 0 Å². The first-order valence-electron chi connectivity index (χ1n) is 9.00. The fourth-order valence-electron chi connectivity index (χ4n) is 2.60.